The summed E-state index contributed by atoms with van der Waals surface area (Å²) in [6.07, 6.45) is 1.09. The number of piperidine rings is 1. The number of benzene rings is 2. The first-order valence-corrected chi connectivity index (χ1v) is 11.2. The number of carbonyl (C=O) groups is 2. The predicted molar refractivity (Wildman–Crippen MR) is 111 cm³/mol. The first kappa shape index (κ1) is 20.4. The number of hydrogen-bond donors (Lipinski definition) is 2. The summed E-state index contributed by atoms with van der Waals surface area (Å²) in [4.78, 5) is 26.5. The number of anilines is 1. The van der Waals surface area contributed by atoms with E-state index in [0.717, 1.165) is 12.8 Å². The second-order valence-electron chi connectivity index (χ2n) is 7.46. The number of fused-ring (bicyclic) bond motifs is 1. The second kappa shape index (κ2) is 8.08. The quantitative estimate of drug-likeness (QED) is 0.724. The maximum Gasteiger partial charge on any atom is 0.337 e. The molecule has 1 saturated heterocycles. The molecular weight excluding hydrogens is 406 g/mol. The van der Waals surface area contributed by atoms with Crippen LogP contribution in [0.3, 0.4) is 0 Å². The molecule has 0 spiro atoms. The Balaban J connectivity index is 1.48. The predicted octanol–water partition coefficient (Wildman–Crippen LogP) is 2.06. The van der Waals surface area contributed by atoms with E-state index in [4.69, 9.17) is 0 Å². The third-order valence-electron chi connectivity index (χ3n) is 5.54. The first-order valence-electron chi connectivity index (χ1n) is 9.74. The van der Waals surface area contributed by atoms with Gasteiger partial charge in [-0.2, -0.15) is 4.72 Å². The zero-order chi connectivity index (χ0) is 21.3. The zero-order valence-corrected chi connectivity index (χ0v) is 17.3. The average Bonchev–Trinajstić information content (AvgIpc) is 2.78. The number of para-hydroxylation sites is 1. The van der Waals surface area contributed by atoms with Crippen LogP contribution >= 0.6 is 0 Å². The van der Waals surface area contributed by atoms with Crippen molar-refractivity contribution in [1.82, 2.24) is 9.62 Å². The van der Waals surface area contributed by atoms with Crippen LogP contribution in [-0.2, 0) is 14.8 Å². The smallest absolute Gasteiger partial charge is 0.337 e. The molecule has 158 valence electrons. The number of rotatable bonds is 3. The maximum absolute atomic E-state index is 13.0. The van der Waals surface area contributed by atoms with Gasteiger partial charge in [-0.05, 0) is 49.2 Å². The molecule has 2 aliphatic heterocycles. The molecule has 9 heteroatoms. The summed E-state index contributed by atoms with van der Waals surface area (Å²) in [7, 11) is -2.30. The number of nitrogens with one attached hydrogen (secondary N) is 2. The van der Waals surface area contributed by atoms with Gasteiger partial charge in [0.05, 0.1) is 24.5 Å². The minimum absolute atomic E-state index is 0.0693. The molecule has 8 nitrogen and oxygen atoms in total. The fourth-order valence-electron chi connectivity index (χ4n) is 3.98. The van der Waals surface area contributed by atoms with Gasteiger partial charge in [0.15, 0.2) is 0 Å². The largest absolute Gasteiger partial charge is 0.465 e. The molecule has 2 aromatic rings. The minimum atomic E-state index is -3.61. The van der Waals surface area contributed by atoms with Gasteiger partial charge in [0.25, 0.3) is 5.91 Å². The highest BCUT2D eigenvalue weighted by atomic mass is 32.2. The highest BCUT2D eigenvalue weighted by molar-refractivity contribution is 7.89. The molecule has 2 atom stereocenters. The van der Waals surface area contributed by atoms with Crippen LogP contribution in [0.2, 0.25) is 0 Å². The molecule has 1 fully saturated rings. The van der Waals surface area contributed by atoms with Crippen molar-refractivity contribution in [3.63, 3.8) is 0 Å². The summed E-state index contributed by atoms with van der Waals surface area (Å²) in [5.41, 5.74) is 1.43. The number of hydrogen-bond acceptors (Lipinski definition) is 6. The summed E-state index contributed by atoms with van der Waals surface area (Å²) in [6.45, 7) is 1.03. The molecule has 2 heterocycles. The van der Waals surface area contributed by atoms with Gasteiger partial charge in [-0.1, -0.05) is 12.1 Å². The molecule has 0 unspecified atom stereocenters. The van der Waals surface area contributed by atoms with E-state index in [1.54, 1.807) is 53.4 Å². The highest BCUT2D eigenvalue weighted by Gasteiger charge is 2.36. The number of amides is 1. The van der Waals surface area contributed by atoms with Gasteiger partial charge in [-0.3, -0.25) is 4.79 Å². The second-order valence-corrected chi connectivity index (χ2v) is 9.14. The third kappa shape index (κ3) is 3.90. The number of carbonyl (C=O) groups excluding carboxylic acids is 2. The lowest BCUT2D eigenvalue weighted by Crippen LogP contribution is -2.54. The summed E-state index contributed by atoms with van der Waals surface area (Å²) in [6, 6.07) is 13.1. The van der Waals surface area contributed by atoms with Crippen molar-refractivity contribution >= 4 is 27.6 Å². The standard InChI is InChI=1S/C21H23N3O5S/c1-29-21(26)15-10-8-14(9-11-15)20(25)24-12-4-5-16(13-24)19-22-17-6-2-3-7-18(17)30(27,28)23-19/h2-3,6-11,16,19,22-23H,4-5,12-13H2,1H3/t16-,19-/m0/s1. The Bertz CT molecular complexity index is 1070. The fourth-order valence-corrected chi connectivity index (χ4v) is 5.36. The SMILES string of the molecule is COC(=O)c1ccc(C(=O)N2CCC[C@H]([C@H]3Nc4ccccc4S(=O)(=O)N3)C2)cc1. The molecule has 4 rings (SSSR count). The van der Waals surface area contributed by atoms with Crippen LogP contribution in [0.5, 0.6) is 0 Å². The van der Waals surface area contributed by atoms with Crippen molar-refractivity contribution in [3.05, 3.63) is 59.7 Å². The number of esters is 1. The van der Waals surface area contributed by atoms with Crippen molar-refractivity contribution < 1.29 is 22.7 Å². The zero-order valence-electron chi connectivity index (χ0n) is 16.5. The van der Waals surface area contributed by atoms with Gasteiger partial charge in [0.2, 0.25) is 10.0 Å². The van der Waals surface area contributed by atoms with E-state index >= 15 is 0 Å². The number of likely N-dealkylation sites (tertiary alicyclic amines) is 1. The van der Waals surface area contributed by atoms with Gasteiger partial charge >= 0.3 is 5.97 Å². The fraction of sp³-hybridized carbons (Fsp3) is 0.333. The molecule has 2 N–H and O–H groups in total. The molecular formula is C21H23N3O5S. The van der Waals surface area contributed by atoms with Crippen LogP contribution < -0.4 is 10.0 Å². The Labute approximate surface area is 175 Å². The van der Waals surface area contributed by atoms with E-state index in [9.17, 15) is 18.0 Å². The van der Waals surface area contributed by atoms with E-state index in [2.05, 4.69) is 14.8 Å². The van der Waals surface area contributed by atoms with Crippen LogP contribution in [0.15, 0.2) is 53.4 Å². The van der Waals surface area contributed by atoms with E-state index in [1.165, 1.54) is 7.11 Å². The highest BCUT2D eigenvalue weighted by Crippen LogP contribution is 2.30. The summed E-state index contributed by atoms with van der Waals surface area (Å²) in [5.74, 6) is -0.668. The number of ether oxygens (including phenoxy) is 1. The molecule has 2 aliphatic rings. The monoisotopic (exact) mass is 429 g/mol. The van der Waals surface area contributed by atoms with Crippen molar-refractivity contribution in [3.8, 4) is 0 Å². The number of nitrogens with zero attached hydrogens (tertiary/aromatic N) is 1. The maximum atomic E-state index is 13.0. The summed E-state index contributed by atoms with van der Waals surface area (Å²) in [5, 5.41) is 3.27. The Morgan fingerprint density at radius 1 is 1.07 bits per heavy atom. The van der Waals surface area contributed by atoms with Crippen molar-refractivity contribution in [1.29, 1.82) is 0 Å². The third-order valence-corrected chi connectivity index (χ3v) is 7.04. The molecule has 0 aliphatic carbocycles. The Morgan fingerprint density at radius 3 is 2.50 bits per heavy atom. The van der Waals surface area contributed by atoms with E-state index in [0.29, 0.717) is 29.9 Å². The average molecular weight is 429 g/mol. The Hall–Kier alpha value is -2.91. The van der Waals surface area contributed by atoms with E-state index in [-0.39, 0.29) is 16.7 Å². The van der Waals surface area contributed by atoms with Crippen molar-refractivity contribution in [2.45, 2.75) is 23.9 Å². The van der Waals surface area contributed by atoms with Crippen LogP contribution in [0.25, 0.3) is 0 Å². The number of methoxy groups -OCH3 is 1. The Morgan fingerprint density at radius 2 is 1.77 bits per heavy atom. The van der Waals surface area contributed by atoms with Crippen LogP contribution in [-0.4, -0.2) is 51.6 Å². The first-order chi connectivity index (χ1) is 14.4. The molecule has 30 heavy (non-hydrogen) atoms. The minimum Gasteiger partial charge on any atom is -0.465 e. The van der Waals surface area contributed by atoms with Gasteiger partial charge < -0.3 is 15.0 Å². The van der Waals surface area contributed by atoms with Gasteiger partial charge in [-0.15, -0.1) is 0 Å². The summed E-state index contributed by atoms with van der Waals surface area (Å²) < 4.78 is 32.6. The molecule has 2 aromatic carbocycles. The van der Waals surface area contributed by atoms with Gasteiger partial charge in [0.1, 0.15) is 4.90 Å². The lowest BCUT2D eigenvalue weighted by molar-refractivity contribution is 0.0598. The molecule has 0 aromatic heterocycles. The molecule has 0 saturated carbocycles. The van der Waals surface area contributed by atoms with E-state index < -0.39 is 22.2 Å². The van der Waals surface area contributed by atoms with Crippen LogP contribution in [0.4, 0.5) is 5.69 Å². The number of sulfonamides is 1. The Kier molecular flexibility index (Phi) is 5.48. The normalized spacial score (nSPS) is 22.5. The van der Waals surface area contributed by atoms with Crippen molar-refractivity contribution in [2.75, 3.05) is 25.5 Å². The molecule has 1 amide bonds. The summed E-state index contributed by atoms with van der Waals surface area (Å²) >= 11 is 0. The molecule has 0 radical (unpaired) electrons. The topological polar surface area (TPSA) is 105 Å². The van der Waals surface area contributed by atoms with Crippen molar-refractivity contribution in [2.24, 2.45) is 5.92 Å². The van der Waals surface area contributed by atoms with E-state index in [1.807, 2.05) is 0 Å². The lowest BCUT2D eigenvalue weighted by atomic mass is 9.94. The van der Waals surface area contributed by atoms with Crippen LogP contribution in [0, 0.1) is 5.92 Å². The van der Waals surface area contributed by atoms with Gasteiger partial charge in [0, 0.05) is 24.6 Å². The molecule has 0 bridgehead atoms. The lowest BCUT2D eigenvalue weighted by Gasteiger charge is -2.39. The van der Waals surface area contributed by atoms with Crippen LogP contribution in [0.1, 0.15) is 33.6 Å². The van der Waals surface area contributed by atoms with Gasteiger partial charge in [-0.25, -0.2) is 13.2 Å².